The van der Waals surface area contributed by atoms with Crippen LogP contribution in [0.3, 0.4) is 0 Å². The zero-order chi connectivity index (χ0) is 8.10. The molecule has 0 aromatic carbocycles. The number of aldehydes is 1. The average molecular weight is 146 g/mol. The molecule has 1 heterocycles. The Labute approximate surface area is 64.5 Å². The average Bonchev–Trinajstić information content (AvgIpc) is 2.01. The van der Waals surface area contributed by atoms with Gasteiger partial charge in [0.05, 0.1) is 0 Å². The lowest BCUT2D eigenvalue weighted by Gasteiger charge is -1.89. The molecule has 0 unspecified atom stereocenters. The lowest BCUT2D eigenvalue weighted by atomic mass is 10.4. The van der Waals surface area contributed by atoms with Crippen LogP contribution in [0.5, 0.6) is 0 Å². The fraction of sp³-hybridized carbons (Fsp3) is 0.125. The van der Waals surface area contributed by atoms with Crippen molar-refractivity contribution in [2.24, 2.45) is 0 Å². The van der Waals surface area contributed by atoms with Gasteiger partial charge < -0.3 is 0 Å². The lowest BCUT2D eigenvalue weighted by molar-refractivity contribution is -0.103. The van der Waals surface area contributed by atoms with Gasteiger partial charge in [-0.2, -0.15) is 0 Å². The van der Waals surface area contributed by atoms with Crippen molar-refractivity contribution in [2.75, 3.05) is 0 Å². The highest BCUT2D eigenvalue weighted by atomic mass is 16.1. The second-order valence-electron chi connectivity index (χ2n) is 1.91. The van der Waals surface area contributed by atoms with E-state index in [4.69, 9.17) is 0 Å². The fourth-order valence-electron chi connectivity index (χ4n) is 0.603. The van der Waals surface area contributed by atoms with Gasteiger partial charge in [-0.25, -0.2) is 9.97 Å². The molecule has 3 heteroatoms. The highest BCUT2D eigenvalue weighted by Crippen LogP contribution is 1.90. The summed E-state index contributed by atoms with van der Waals surface area (Å²) in [6.45, 7) is 1.84. The number of aryl methyl sites for hydroxylation is 1. The first-order chi connectivity index (χ1) is 5.33. The maximum absolute atomic E-state index is 9.83. The second kappa shape index (κ2) is 3.47. The molecule has 1 aromatic rings. The van der Waals surface area contributed by atoms with Crippen LogP contribution in [-0.2, 0) is 4.79 Å². The monoisotopic (exact) mass is 146 g/mol. The van der Waals surface area contributed by atoms with Crippen molar-refractivity contribution in [1.82, 2.24) is 9.97 Å². The third-order valence-electron chi connectivity index (χ3n) is 1.04. The first-order valence-electron chi connectivity index (χ1n) is 3.08. The predicted molar refractivity (Wildman–Crippen MR) is 39.7 cm³/mol. The third kappa shape index (κ3) is 2.18. The Kier molecular flexibility index (Phi) is 2.34. The molecule has 0 N–H and O–H groups in total. The maximum atomic E-state index is 9.83. The summed E-state index contributed by atoms with van der Waals surface area (Å²) in [5.74, 6) is 5.12. The van der Waals surface area contributed by atoms with Gasteiger partial charge in [0.1, 0.15) is 0 Å². The van der Waals surface area contributed by atoms with E-state index in [-0.39, 0.29) is 0 Å². The molecule has 0 saturated heterocycles. The van der Waals surface area contributed by atoms with Crippen molar-refractivity contribution < 1.29 is 4.79 Å². The van der Waals surface area contributed by atoms with Crippen LogP contribution in [0.2, 0.25) is 0 Å². The van der Waals surface area contributed by atoms with Crippen molar-refractivity contribution in [3.05, 3.63) is 23.8 Å². The molecule has 0 radical (unpaired) electrons. The first kappa shape index (κ1) is 7.42. The summed E-state index contributed by atoms with van der Waals surface area (Å²) < 4.78 is 0. The van der Waals surface area contributed by atoms with Gasteiger partial charge in [0.25, 0.3) is 0 Å². The summed E-state index contributed by atoms with van der Waals surface area (Å²) >= 11 is 0. The van der Waals surface area contributed by atoms with E-state index in [1.54, 1.807) is 12.3 Å². The predicted octanol–water partition coefficient (Wildman–Crippen LogP) is 0.335. The lowest BCUT2D eigenvalue weighted by Crippen LogP contribution is -1.89. The Morgan fingerprint density at radius 2 is 2.45 bits per heavy atom. The summed E-state index contributed by atoms with van der Waals surface area (Å²) in [4.78, 5) is 17.6. The Bertz CT molecular complexity index is 322. The Balaban J connectivity index is 2.96. The molecule has 1 aromatic heterocycles. The zero-order valence-electron chi connectivity index (χ0n) is 6.03. The molecule has 0 bridgehead atoms. The number of aromatic nitrogens is 2. The Morgan fingerprint density at radius 3 is 3.09 bits per heavy atom. The number of hydrogen-bond acceptors (Lipinski definition) is 3. The number of hydrogen-bond donors (Lipinski definition) is 0. The first-order valence-corrected chi connectivity index (χ1v) is 3.08. The molecule has 0 aliphatic rings. The normalized spacial score (nSPS) is 8.09. The van der Waals surface area contributed by atoms with Gasteiger partial charge in [0.15, 0.2) is 6.29 Å². The van der Waals surface area contributed by atoms with E-state index in [9.17, 15) is 4.79 Å². The highest BCUT2D eigenvalue weighted by Gasteiger charge is 1.88. The van der Waals surface area contributed by atoms with Crippen LogP contribution < -0.4 is 0 Å². The zero-order valence-corrected chi connectivity index (χ0v) is 6.03. The van der Waals surface area contributed by atoms with Crippen LogP contribution in [0, 0.1) is 18.8 Å². The Hall–Kier alpha value is -1.69. The molecular weight excluding hydrogens is 140 g/mol. The van der Waals surface area contributed by atoms with E-state index in [0.29, 0.717) is 12.1 Å². The number of carbonyl (C=O) groups excluding carboxylic acids is 1. The van der Waals surface area contributed by atoms with Gasteiger partial charge in [-0.3, -0.25) is 4.79 Å². The minimum Gasteiger partial charge on any atom is -0.289 e. The van der Waals surface area contributed by atoms with Crippen molar-refractivity contribution in [3.8, 4) is 11.8 Å². The van der Waals surface area contributed by atoms with Gasteiger partial charge in [-0.1, -0.05) is 0 Å². The van der Waals surface area contributed by atoms with Crippen molar-refractivity contribution >= 4 is 6.29 Å². The van der Waals surface area contributed by atoms with Crippen LogP contribution in [-0.4, -0.2) is 16.3 Å². The third-order valence-corrected chi connectivity index (χ3v) is 1.04. The number of rotatable bonds is 0. The van der Waals surface area contributed by atoms with E-state index in [1.165, 1.54) is 0 Å². The highest BCUT2D eigenvalue weighted by molar-refractivity contribution is 5.73. The molecule has 11 heavy (non-hydrogen) atoms. The smallest absolute Gasteiger partial charge is 0.205 e. The van der Waals surface area contributed by atoms with Crippen LogP contribution in [0.1, 0.15) is 11.5 Å². The molecule has 0 amide bonds. The van der Waals surface area contributed by atoms with Gasteiger partial charge >= 0.3 is 0 Å². The molecule has 0 fully saturated rings. The molecule has 54 valence electrons. The quantitative estimate of drug-likeness (QED) is 0.391. The van der Waals surface area contributed by atoms with Gasteiger partial charge in [0.2, 0.25) is 5.82 Å². The molecule has 0 aliphatic heterocycles. The van der Waals surface area contributed by atoms with E-state index in [0.717, 1.165) is 5.69 Å². The van der Waals surface area contributed by atoms with E-state index < -0.39 is 0 Å². The minimum atomic E-state index is 0.386. The summed E-state index contributed by atoms with van der Waals surface area (Å²) in [6.07, 6.45) is 2.13. The van der Waals surface area contributed by atoms with Crippen LogP contribution in [0.25, 0.3) is 0 Å². The van der Waals surface area contributed by atoms with E-state index >= 15 is 0 Å². The number of nitrogens with zero attached hydrogens (tertiary/aromatic N) is 2. The van der Waals surface area contributed by atoms with E-state index in [1.807, 2.05) is 6.92 Å². The summed E-state index contributed by atoms with van der Waals surface area (Å²) in [6, 6.07) is 1.77. The molecule has 0 aliphatic carbocycles. The summed E-state index contributed by atoms with van der Waals surface area (Å²) in [7, 11) is 0. The minimum absolute atomic E-state index is 0.386. The Morgan fingerprint density at radius 1 is 1.64 bits per heavy atom. The van der Waals surface area contributed by atoms with Crippen LogP contribution >= 0.6 is 0 Å². The van der Waals surface area contributed by atoms with Crippen LogP contribution in [0.15, 0.2) is 12.3 Å². The van der Waals surface area contributed by atoms with Gasteiger partial charge in [-0.15, -0.1) is 0 Å². The molecule has 1 rings (SSSR count). The fourth-order valence-corrected chi connectivity index (χ4v) is 0.603. The topological polar surface area (TPSA) is 42.9 Å². The second-order valence-corrected chi connectivity index (χ2v) is 1.91. The van der Waals surface area contributed by atoms with Crippen molar-refractivity contribution in [3.63, 3.8) is 0 Å². The van der Waals surface area contributed by atoms with E-state index in [2.05, 4.69) is 21.8 Å². The largest absolute Gasteiger partial charge is 0.289 e. The standard InChI is InChI=1S/C8H6N2O/c1-7-4-5-9-8(10-7)3-2-6-11/h4-6H,1H3. The van der Waals surface area contributed by atoms with Gasteiger partial charge in [0, 0.05) is 11.9 Å². The SMILES string of the molecule is Cc1ccnc(C#CC=O)n1. The van der Waals surface area contributed by atoms with Crippen LogP contribution in [0.4, 0.5) is 0 Å². The maximum Gasteiger partial charge on any atom is 0.205 e. The molecular formula is C8H6N2O. The molecule has 0 spiro atoms. The number of carbonyl (C=O) groups is 1. The molecule has 3 nitrogen and oxygen atoms in total. The summed E-state index contributed by atoms with van der Waals surface area (Å²) in [5.41, 5.74) is 0.843. The van der Waals surface area contributed by atoms with Crippen molar-refractivity contribution in [1.29, 1.82) is 0 Å². The van der Waals surface area contributed by atoms with Crippen molar-refractivity contribution in [2.45, 2.75) is 6.92 Å². The summed E-state index contributed by atoms with van der Waals surface area (Å²) in [5, 5.41) is 0. The molecule has 0 saturated carbocycles. The van der Waals surface area contributed by atoms with Gasteiger partial charge in [-0.05, 0) is 24.8 Å². The molecule has 0 atom stereocenters.